The molecule has 0 unspecified atom stereocenters. The fourth-order valence-electron chi connectivity index (χ4n) is 1.81. The molecule has 0 aliphatic heterocycles. The number of nitrogens with zero attached hydrogens (tertiary/aromatic N) is 2. The van der Waals surface area contributed by atoms with Crippen LogP contribution in [0.2, 0.25) is 0 Å². The monoisotopic (exact) mass is 468 g/mol. The molecule has 0 bridgehead atoms. The second-order valence-corrected chi connectivity index (χ2v) is 8.20. The quantitative estimate of drug-likeness (QED) is 0.305. The molecule has 0 atom stereocenters. The number of H-pyrrole nitrogens is 1. The van der Waals surface area contributed by atoms with Crippen molar-refractivity contribution in [3.63, 3.8) is 0 Å². The standard InChI is InChI=1S/C14H18N4O3S2.C2HF3O2/c19-12(15-7-9-23-22-8-5-13(20)21)4-3-11-17-10-2-1-6-16-14(10)18-11;3-2(4,5)1(6)7/h1-2,6H,3-5,7-9H2,(H,15,19)(H,20,21)(H,16,17,18);(H,6,7). The minimum Gasteiger partial charge on any atom is -0.481 e. The number of carbonyl (C=O) groups excluding carboxylic acids is 1. The van der Waals surface area contributed by atoms with Crippen molar-refractivity contribution in [2.45, 2.75) is 25.4 Å². The van der Waals surface area contributed by atoms with Crippen molar-refractivity contribution < 1.29 is 37.8 Å². The molecule has 14 heteroatoms. The average molecular weight is 468 g/mol. The normalized spacial score (nSPS) is 10.9. The van der Waals surface area contributed by atoms with Crippen molar-refractivity contribution in [1.29, 1.82) is 0 Å². The molecule has 1 amide bonds. The summed E-state index contributed by atoms with van der Waals surface area (Å²) in [7, 11) is 3.07. The highest BCUT2D eigenvalue weighted by molar-refractivity contribution is 8.76. The second kappa shape index (κ2) is 13.0. The number of pyridine rings is 1. The van der Waals surface area contributed by atoms with Crippen LogP contribution < -0.4 is 5.32 Å². The summed E-state index contributed by atoms with van der Waals surface area (Å²) >= 11 is 0. The van der Waals surface area contributed by atoms with E-state index < -0.39 is 18.1 Å². The number of aromatic amines is 1. The summed E-state index contributed by atoms with van der Waals surface area (Å²) < 4.78 is 31.7. The lowest BCUT2D eigenvalue weighted by Gasteiger charge is -2.03. The number of fused-ring (bicyclic) bond motifs is 1. The predicted molar refractivity (Wildman–Crippen MR) is 106 cm³/mol. The minimum absolute atomic E-state index is 0.0189. The maximum Gasteiger partial charge on any atom is 0.490 e. The Morgan fingerprint density at radius 2 is 1.80 bits per heavy atom. The largest absolute Gasteiger partial charge is 0.490 e. The summed E-state index contributed by atoms with van der Waals surface area (Å²) in [6.45, 7) is 0.575. The molecule has 0 aliphatic carbocycles. The van der Waals surface area contributed by atoms with Gasteiger partial charge in [0.25, 0.3) is 0 Å². The summed E-state index contributed by atoms with van der Waals surface area (Å²) in [5, 5.41) is 18.5. The molecule has 0 spiro atoms. The Balaban J connectivity index is 0.000000553. The Labute approximate surface area is 176 Å². The number of amides is 1. The predicted octanol–water partition coefficient (Wildman–Crippen LogP) is 2.50. The van der Waals surface area contributed by atoms with Gasteiger partial charge in [0.1, 0.15) is 5.82 Å². The van der Waals surface area contributed by atoms with Crippen molar-refractivity contribution in [2.75, 3.05) is 18.1 Å². The molecule has 2 rings (SSSR count). The van der Waals surface area contributed by atoms with Crippen molar-refractivity contribution >= 4 is 50.6 Å². The molecule has 166 valence electrons. The van der Waals surface area contributed by atoms with E-state index >= 15 is 0 Å². The fraction of sp³-hybridized carbons (Fsp3) is 0.438. The summed E-state index contributed by atoms with van der Waals surface area (Å²) in [6, 6.07) is 3.74. The van der Waals surface area contributed by atoms with Crippen LogP contribution in [0, 0.1) is 0 Å². The molecule has 0 saturated carbocycles. The number of imidazole rings is 1. The Kier molecular flexibility index (Phi) is 11.0. The Morgan fingerprint density at radius 1 is 1.13 bits per heavy atom. The van der Waals surface area contributed by atoms with Gasteiger partial charge in [-0.15, -0.1) is 0 Å². The lowest BCUT2D eigenvalue weighted by molar-refractivity contribution is -0.192. The summed E-state index contributed by atoms with van der Waals surface area (Å²) in [5.41, 5.74) is 1.54. The SMILES string of the molecule is O=C(O)C(F)(F)F.O=C(O)CCSSCCNC(=O)CCc1nc2ncccc2[nH]1. The van der Waals surface area contributed by atoms with Gasteiger partial charge in [-0.25, -0.2) is 14.8 Å². The number of hydrogen-bond acceptors (Lipinski definition) is 7. The van der Waals surface area contributed by atoms with Crippen molar-refractivity contribution in [3.8, 4) is 0 Å². The number of hydrogen-bond donors (Lipinski definition) is 4. The lowest BCUT2D eigenvalue weighted by Crippen LogP contribution is -2.25. The number of aryl methyl sites for hydroxylation is 1. The number of halogens is 3. The van der Waals surface area contributed by atoms with E-state index in [9.17, 15) is 22.8 Å². The second-order valence-electron chi connectivity index (χ2n) is 5.50. The maximum atomic E-state index is 11.7. The molecule has 2 heterocycles. The van der Waals surface area contributed by atoms with Crippen LogP contribution in [0.4, 0.5) is 13.2 Å². The topological polar surface area (TPSA) is 145 Å². The highest BCUT2D eigenvalue weighted by atomic mass is 33.1. The van der Waals surface area contributed by atoms with Gasteiger partial charge in [-0.3, -0.25) is 9.59 Å². The van der Waals surface area contributed by atoms with E-state index in [0.717, 1.165) is 17.1 Å². The first kappa shape index (κ1) is 25.6. The third kappa shape index (κ3) is 10.9. The van der Waals surface area contributed by atoms with E-state index in [4.69, 9.17) is 15.0 Å². The molecular formula is C16H19F3N4O5S2. The Hall–Kier alpha value is -2.48. The first-order valence-electron chi connectivity index (χ1n) is 8.42. The fourth-order valence-corrected chi connectivity index (χ4v) is 3.70. The van der Waals surface area contributed by atoms with Gasteiger partial charge in [-0.2, -0.15) is 13.2 Å². The van der Waals surface area contributed by atoms with Gasteiger partial charge < -0.3 is 20.5 Å². The number of rotatable bonds is 10. The van der Waals surface area contributed by atoms with Gasteiger partial charge in [0.2, 0.25) is 5.91 Å². The number of carboxylic acids is 2. The first-order valence-corrected chi connectivity index (χ1v) is 10.9. The van der Waals surface area contributed by atoms with Crippen LogP contribution in [0.25, 0.3) is 11.2 Å². The zero-order chi connectivity index (χ0) is 22.6. The third-order valence-corrected chi connectivity index (χ3v) is 5.54. The van der Waals surface area contributed by atoms with E-state index in [1.165, 1.54) is 10.8 Å². The average Bonchev–Trinajstić information content (AvgIpc) is 3.08. The highest BCUT2D eigenvalue weighted by Crippen LogP contribution is 2.20. The smallest absolute Gasteiger partial charge is 0.481 e. The van der Waals surface area contributed by atoms with Crippen LogP contribution in [0.5, 0.6) is 0 Å². The molecule has 0 saturated heterocycles. The van der Waals surface area contributed by atoms with E-state index in [0.29, 0.717) is 30.8 Å². The summed E-state index contributed by atoms with van der Waals surface area (Å²) in [4.78, 5) is 42.6. The van der Waals surface area contributed by atoms with Crippen molar-refractivity contribution in [2.24, 2.45) is 0 Å². The lowest BCUT2D eigenvalue weighted by atomic mass is 10.3. The Bertz CT molecular complexity index is 815. The van der Waals surface area contributed by atoms with Gasteiger partial charge in [0.15, 0.2) is 5.65 Å². The van der Waals surface area contributed by atoms with Gasteiger partial charge >= 0.3 is 18.1 Å². The zero-order valence-electron chi connectivity index (χ0n) is 15.4. The number of nitrogens with one attached hydrogen (secondary N) is 2. The summed E-state index contributed by atoms with van der Waals surface area (Å²) in [6.07, 6.45) is -2.32. The van der Waals surface area contributed by atoms with E-state index in [1.54, 1.807) is 17.0 Å². The van der Waals surface area contributed by atoms with E-state index in [1.807, 2.05) is 12.1 Å². The van der Waals surface area contributed by atoms with Crippen molar-refractivity contribution in [1.82, 2.24) is 20.3 Å². The van der Waals surface area contributed by atoms with Crippen LogP contribution >= 0.6 is 21.6 Å². The molecule has 30 heavy (non-hydrogen) atoms. The highest BCUT2D eigenvalue weighted by Gasteiger charge is 2.38. The van der Waals surface area contributed by atoms with Crippen LogP contribution in [0.1, 0.15) is 18.7 Å². The molecule has 2 aromatic heterocycles. The number of carboxylic acid groups (broad SMARTS) is 2. The maximum absolute atomic E-state index is 11.7. The van der Waals surface area contributed by atoms with Crippen molar-refractivity contribution in [3.05, 3.63) is 24.2 Å². The molecule has 0 aliphatic rings. The van der Waals surface area contributed by atoms with Gasteiger partial charge in [-0.05, 0) is 12.1 Å². The van der Waals surface area contributed by atoms with Crippen LogP contribution in [0.3, 0.4) is 0 Å². The Morgan fingerprint density at radius 3 is 2.40 bits per heavy atom. The van der Waals surface area contributed by atoms with Crippen LogP contribution in [-0.2, 0) is 20.8 Å². The zero-order valence-corrected chi connectivity index (χ0v) is 17.1. The summed E-state index contributed by atoms with van der Waals surface area (Å²) in [5.74, 6) is -1.47. The molecule has 9 nitrogen and oxygen atoms in total. The van der Waals surface area contributed by atoms with E-state index in [-0.39, 0.29) is 12.3 Å². The number of aromatic nitrogens is 3. The molecule has 0 radical (unpaired) electrons. The van der Waals surface area contributed by atoms with Gasteiger partial charge in [0.05, 0.1) is 11.9 Å². The van der Waals surface area contributed by atoms with Crippen LogP contribution in [-0.4, -0.2) is 67.2 Å². The number of aliphatic carboxylic acids is 2. The van der Waals surface area contributed by atoms with E-state index in [2.05, 4.69) is 20.3 Å². The number of carbonyl (C=O) groups is 3. The first-order chi connectivity index (χ1) is 14.1. The number of alkyl halides is 3. The van der Waals surface area contributed by atoms with Gasteiger partial charge in [-0.1, -0.05) is 21.6 Å². The third-order valence-electron chi connectivity index (χ3n) is 3.13. The molecule has 0 fully saturated rings. The molecule has 4 N–H and O–H groups in total. The molecular weight excluding hydrogens is 449 g/mol. The van der Waals surface area contributed by atoms with Crippen LogP contribution in [0.15, 0.2) is 18.3 Å². The minimum atomic E-state index is -5.08. The van der Waals surface area contributed by atoms with Gasteiger partial charge in [0, 0.05) is 37.1 Å². The molecule has 0 aromatic carbocycles. The molecule has 2 aromatic rings.